The Labute approximate surface area is 138 Å². The van der Waals surface area contributed by atoms with Crippen LogP contribution in [0.3, 0.4) is 0 Å². The Hall–Kier alpha value is -0.330. The van der Waals surface area contributed by atoms with Crippen molar-refractivity contribution in [2.24, 2.45) is 23.7 Å². The highest BCUT2D eigenvalue weighted by atomic mass is 19.1. The number of alkyl halides is 1. The second-order valence-corrected chi connectivity index (χ2v) is 7.87. The minimum absolute atomic E-state index is 0.552. The average Bonchev–Trinajstić information content (AvgIpc) is 2.58. The fourth-order valence-electron chi connectivity index (χ4n) is 4.71. The molecule has 2 fully saturated rings. The Kier molecular flexibility index (Phi) is 7.97. The quantitative estimate of drug-likeness (QED) is 0.440. The lowest BCUT2D eigenvalue weighted by Gasteiger charge is -2.37. The summed E-state index contributed by atoms with van der Waals surface area (Å²) >= 11 is 0. The normalized spacial score (nSPS) is 34.9. The predicted octanol–water partition coefficient (Wildman–Crippen LogP) is 7.09. The van der Waals surface area contributed by atoms with E-state index in [1.807, 2.05) is 6.92 Å². The number of allylic oxidation sites excluding steroid dienone is 2. The molecule has 0 aromatic carbocycles. The second-order valence-electron chi connectivity index (χ2n) is 7.87. The molecule has 1 heteroatoms. The summed E-state index contributed by atoms with van der Waals surface area (Å²) in [6, 6.07) is 0. The molecule has 0 amide bonds. The van der Waals surface area contributed by atoms with E-state index >= 15 is 0 Å². The molecule has 1 unspecified atom stereocenters. The van der Waals surface area contributed by atoms with Crippen LogP contribution in [0.15, 0.2) is 12.2 Å². The van der Waals surface area contributed by atoms with Crippen LogP contribution in [-0.4, -0.2) is 6.17 Å². The van der Waals surface area contributed by atoms with E-state index in [1.54, 1.807) is 0 Å². The van der Waals surface area contributed by atoms with Crippen LogP contribution in [0.4, 0.5) is 4.39 Å². The highest BCUT2D eigenvalue weighted by Crippen LogP contribution is 2.42. The zero-order chi connectivity index (χ0) is 15.8. The van der Waals surface area contributed by atoms with Crippen LogP contribution >= 0.6 is 0 Å². The lowest BCUT2D eigenvalue weighted by Crippen LogP contribution is -2.25. The Morgan fingerprint density at radius 2 is 1.50 bits per heavy atom. The zero-order valence-electron chi connectivity index (χ0n) is 14.9. The monoisotopic (exact) mass is 308 g/mol. The van der Waals surface area contributed by atoms with Crippen molar-refractivity contribution in [3.05, 3.63) is 12.2 Å². The topological polar surface area (TPSA) is 0 Å². The number of hydrogen-bond donors (Lipinski definition) is 0. The van der Waals surface area contributed by atoms with Crippen LogP contribution in [0.5, 0.6) is 0 Å². The molecule has 0 heterocycles. The van der Waals surface area contributed by atoms with Crippen LogP contribution in [-0.2, 0) is 0 Å². The fraction of sp³-hybridized carbons (Fsp3) is 0.905. The van der Waals surface area contributed by atoms with Crippen molar-refractivity contribution < 1.29 is 4.39 Å². The summed E-state index contributed by atoms with van der Waals surface area (Å²) in [6.45, 7) is 4.19. The average molecular weight is 309 g/mol. The molecule has 2 saturated carbocycles. The molecule has 0 spiro atoms. The largest absolute Gasteiger partial charge is 0.248 e. The van der Waals surface area contributed by atoms with Crippen molar-refractivity contribution in [3.63, 3.8) is 0 Å². The summed E-state index contributed by atoms with van der Waals surface area (Å²) in [7, 11) is 0. The minimum Gasteiger partial charge on any atom is -0.248 e. The van der Waals surface area contributed by atoms with E-state index in [0.29, 0.717) is 6.42 Å². The van der Waals surface area contributed by atoms with Crippen molar-refractivity contribution in [2.45, 2.75) is 97.1 Å². The van der Waals surface area contributed by atoms with E-state index in [2.05, 4.69) is 19.1 Å². The van der Waals surface area contributed by atoms with Gasteiger partial charge in [-0.05, 0) is 87.9 Å². The van der Waals surface area contributed by atoms with Crippen LogP contribution < -0.4 is 0 Å². The molecule has 0 aliphatic heterocycles. The van der Waals surface area contributed by atoms with Crippen LogP contribution in [0.1, 0.15) is 90.9 Å². The Morgan fingerprint density at radius 1 is 0.909 bits per heavy atom. The minimum atomic E-state index is -0.552. The SMILES string of the molecule is CC/C=C/C1CCC(C2CCC(CCC(F)CC)CC2)CC1. The molecule has 2 aliphatic carbocycles. The van der Waals surface area contributed by atoms with Gasteiger partial charge in [-0.3, -0.25) is 0 Å². The van der Waals surface area contributed by atoms with Gasteiger partial charge in [-0.15, -0.1) is 0 Å². The number of hydrogen-bond acceptors (Lipinski definition) is 0. The van der Waals surface area contributed by atoms with Crippen molar-refractivity contribution >= 4 is 0 Å². The van der Waals surface area contributed by atoms with Gasteiger partial charge in [0.05, 0.1) is 6.17 Å². The van der Waals surface area contributed by atoms with Gasteiger partial charge in [-0.1, -0.05) is 38.8 Å². The fourth-order valence-corrected chi connectivity index (χ4v) is 4.71. The molecule has 0 aromatic rings. The Balaban J connectivity index is 1.64. The van der Waals surface area contributed by atoms with Crippen LogP contribution in [0, 0.1) is 23.7 Å². The molecular weight excluding hydrogens is 271 g/mol. The summed E-state index contributed by atoms with van der Waals surface area (Å²) in [5, 5.41) is 0. The predicted molar refractivity (Wildman–Crippen MR) is 94.7 cm³/mol. The van der Waals surface area contributed by atoms with Gasteiger partial charge in [0.1, 0.15) is 0 Å². The molecule has 22 heavy (non-hydrogen) atoms. The summed E-state index contributed by atoms with van der Waals surface area (Å²) in [5.74, 6) is 3.67. The molecule has 0 bridgehead atoms. The van der Waals surface area contributed by atoms with Gasteiger partial charge in [-0.25, -0.2) is 4.39 Å². The van der Waals surface area contributed by atoms with E-state index in [1.165, 1.54) is 57.8 Å². The van der Waals surface area contributed by atoms with E-state index in [-0.39, 0.29) is 0 Å². The van der Waals surface area contributed by atoms with Crippen LogP contribution in [0.25, 0.3) is 0 Å². The standard InChI is InChI=1S/C21H37F/c1-3-5-6-17-7-12-19(13-8-17)20-14-9-18(10-15-20)11-16-21(22)4-2/h5-6,17-21H,3-4,7-16H2,1-2H3/b6-5+. The smallest absolute Gasteiger partial charge is 0.0999 e. The van der Waals surface area contributed by atoms with Gasteiger partial charge in [0.25, 0.3) is 0 Å². The van der Waals surface area contributed by atoms with Crippen molar-refractivity contribution in [3.8, 4) is 0 Å². The third-order valence-electron chi connectivity index (χ3n) is 6.35. The van der Waals surface area contributed by atoms with Crippen LogP contribution in [0.2, 0.25) is 0 Å². The Morgan fingerprint density at radius 3 is 2.05 bits per heavy atom. The van der Waals surface area contributed by atoms with Crippen molar-refractivity contribution in [2.75, 3.05) is 0 Å². The van der Waals surface area contributed by atoms with Crippen molar-refractivity contribution in [1.82, 2.24) is 0 Å². The van der Waals surface area contributed by atoms with E-state index in [9.17, 15) is 4.39 Å². The van der Waals surface area contributed by atoms with Gasteiger partial charge in [0, 0.05) is 0 Å². The molecule has 2 aliphatic rings. The molecule has 2 rings (SSSR count). The first-order valence-electron chi connectivity index (χ1n) is 10.0. The van der Waals surface area contributed by atoms with Gasteiger partial charge in [0.15, 0.2) is 0 Å². The zero-order valence-corrected chi connectivity index (χ0v) is 14.9. The number of halogens is 1. The molecule has 1 atom stereocenters. The molecule has 0 aromatic heterocycles. The first kappa shape index (κ1) is 18.0. The molecule has 0 N–H and O–H groups in total. The highest BCUT2D eigenvalue weighted by Gasteiger charge is 2.30. The van der Waals surface area contributed by atoms with E-state index in [4.69, 9.17) is 0 Å². The number of rotatable bonds is 7. The maximum Gasteiger partial charge on any atom is 0.0999 e. The summed E-state index contributed by atoms with van der Waals surface area (Å²) < 4.78 is 13.4. The molecule has 128 valence electrons. The molecule has 0 nitrogen and oxygen atoms in total. The lowest BCUT2D eigenvalue weighted by atomic mass is 9.68. The third kappa shape index (κ3) is 5.70. The maximum atomic E-state index is 13.4. The van der Waals surface area contributed by atoms with E-state index in [0.717, 1.165) is 36.5 Å². The third-order valence-corrected chi connectivity index (χ3v) is 6.35. The van der Waals surface area contributed by atoms with E-state index < -0.39 is 6.17 Å². The molecule has 0 saturated heterocycles. The van der Waals surface area contributed by atoms with Gasteiger partial charge in [0.2, 0.25) is 0 Å². The van der Waals surface area contributed by atoms with Gasteiger partial charge in [-0.2, -0.15) is 0 Å². The van der Waals surface area contributed by atoms with Gasteiger partial charge < -0.3 is 0 Å². The second kappa shape index (κ2) is 9.73. The molecular formula is C21H37F. The van der Waals surface area contributed by atoms with Gasteiger partial charge >= 0.3 is 0 Å². The summed E-state index contributed by atoms with van der Waals surface area (Å²) in [5.41, 5.74) is 0. The first-order valence-corrected chi connectivity index (χ1v) is 10.0. The summed E-state index contributed by atoms with van der Waals surface area (Å²) in [4.78, 5) is 0. The first-order chi connectivity index (χ1) is 10.7. The summed E-state index contributed by atoms with van der Waals surface area (Å²) in [6.07, 6.45) is 19.4. The molecule has 0 radical (unpaired) electrons. The Bertz CT molecular complexity index is 306. The highest BCUT2D eigenvalue weighted by molar-refractivity contribution is 4.92. The van der Waals surface area contributed by atoms with Crippen molar-refractivity contribution in [1.29, 1.82) is 0 Å². The maximum absolute atomic E-state index is 13.4. The lowest BCUT2D eigenvalue weighted by molar-refractivity contribution is 0.147.